The van der Waals surface area contributed by atoms with E-state index in [9.17, 15) is 13.2 Å². The molecule has 0 bridgehead atoms. The molecule has 0 atom stereocenters. The molecular weight excluding hydrogens is 382 g/mol. The molecule has 6 nitrogen and oxygen atoms in total. The summed E-state index contributed by atoms with van der Waals surface area (Å²) in [6, 6.07) is 6.50. The summed E-state index contributed by atoms with van der Waals surface area (Å²) >= 11 is 1.35. The summed E-state index contributed by atoms with van der Waals surface area (Å²) < 4.78 is 27.3. The first-order chi connectivity index (χ1) is 12.4. The van der Waals surface area contributed by atoms with E-state index in [-0.39, 0.29) is 22.9 Å². The first-order valence-electron chi connectivity index (χ1n) is 8.76. The van der Waals surface area contributed by atoms with Crippen molar-refractivity contribution in [1.29, 1.82) is 0 Å². The molecule has 2 rings (SSSR count). The third-order valence-electron chi connectivity index (χ3n) is 4.07. The zero-order valence-corrected chi connectivity index (χ0v) is 18.2. The number of nitrogens with zero attached hydrogens (tertiary/aromatic N) is 2. The molecule has 0 aliphatic rings. The zero-order chi connectivity index (χ0) is 20.4. The lowest BCUT2D eigenvalue weighted by atomic mass is 9.87. The molecule has 1 aromatic carbocycles. The van der Waals surface area contributed by atoms with Crippen molar-refractivity contribution in [1.82, 2.24) is 9.29 Å². The third-order valence-corrected chi connectivity index (χ3v) is 6.93. The molecular formula is C19H27N3O3S2. The number of aryl methyl sites for hydroxylation is 1. The van der Waals surface area contributed by atoms with E-state index in [0.29, 0.717) is 5.13 Å². The second kappa shape index (κ2) is 8.08. The van der Waals surface area contributed by atoms with Crippen molar-refractivity contribution < 1.29 is 13.2 Å². The van der Waals surface area contributed by atoms with Crippen LogP contribution in [0, 0.1) is 6.92 Å². The minimum absolute atomic E-state index is 0.0637. The Bertz CT molecular complexity index is 895. The van der Waals surface area contributed by atoms with Crippen LogP contribution in [0.2, 0.25) is 0 Å². The number of anilines is 1. The van der Waals surface area contributed by atoms with Gasteiger partial charge in [-0.15, -0.1) is 11.3 Å². The van der Waals surface area contributed by atoms with Crippen LogP contribution in [0.3, 0.4) is 0 Å². The van der Waals surface area contributed by atoms with Crippen molar-refractivity contribution in [3.8, 4) is 0 Å². The van der Waals surface area contributed by atoms with E-state index in [1.54, 1.807) is 32.2 Å². The van der Waals surface area contributed by atoms with Gasteiger partial charge in [-0.2, -0.15) is 4.31 Å². The quantitative estimate of drug-likeness (QED) is 0.787. The van der Waals surface area contributed by atoms with E-state index in [4.69, 9.17) is 0 Å². The highest BCUT2D eigenvalue weighted by molar-refractivity contribution is 7.89. The Kier molecular flexibility index (Phi) is 6.44. The molecule has 0 radical (unpaired) electrons. The summed E-state index contributed by atoms with van der Waals surface area (Å²) in [6.45, 7) is 11.3. The van der Waals surface area contributed by atoms with Gasteiger partial charge in [-0.05, 0) is 43.9 Å². The zero-order valence-electron chi connectivity index (χ0n) is 16.6. The van der Waals surface area contributed by atoms with Crippen LogP contribution >= 0.6 is 11.3 Å². The van der Waals surface area contributed by atoms with Crippen LogP contribution in [0.5, 0.6) is 0 Å². The van der Waals surface area contributed by atoms with Crippen molar-refractivity contribution in [2.45, 2.75) is 57.9 Å². The summed E-state index contributed by atoms with van der Waals surface area (Å²) in [7, 11) is -3.79. The third kappa shape index (κ3) is 5.37. The number of carbonyl (C=O) groups is 1. The van der Waals surface area contributed by atoms with Crippen LogP contribution in [0.4, 0.5) is 5.13 Å². The fourth-order valence-corrected chi connectivity index (χ4v) is 4.79. The molecule has 27 heavy (non-hydrogen) atoms. The average Bonchev–Trinajstić information content (AvgIpc) is 2.96. The van der Waals surface area contributed by atoms with E-state index in [0.717, 1.165) is 10.4 Å². The number of amides is 1. The summed E-state index contributed by atoms with van der Waals surface area (Å²) in [5.41, 5.74) is 0.987. The Hall–Kier alpha value is -1.77. The number of rotatable bonds is 6. The smallest absolute Gasteiger partial charge is 0.243 e. The lowest BCUT2D eigenvalue weighted by Crippen LogP contribution is -2.42. The van der Waals surface area contributed by atoms with Gasteiger partial charge in [0.1, 0.15) is 0 Å². The Morgan fingerprint density at radius 3 is 2.26 bits per heavy atom. The van der Waals surface area contributed by atoms with Gasteiger partial charge < -0.3 is 5.32 Å². The maximum atomic E-state index is 13.1. The first kappa shape index (κ1) is 21.5. The second-order valence-corrected chi connectivity index (χ2v) is 10.9. The maximum Gasteiger partial charge on any atom is 0.243 e. The molecule has 1 amide bonds. The van der Waals surface area contributed by atoms with Gasteiger partial charge in [0.15, 0.2) is 5.13 Å². The molecule has 0 spiro atoms. The van der Waals surface area contributed by atoms with Crippen molar-refractivity contribution in [2.24, 2.45) is 0 Å². The van der Waals surface area contributed by atoms with E-state index in [2.05, 4.69) is 31.1 Å². The van der Waals surface area contributed by atoms with Crippen LogP contribution in [0.1, 0.15) is 45.1 Å². The SMILES string of the molecule is Cc1cnc(NC(=O)CN(C(C)C)S(=O)(=O)c2ccc(C(C)(C)C)cc2)s1. The fourth-order valence-electron chi connectivity index (χ4n) is 2.52. The summed E-state index contributed by atoms with van der Waals surface area (Å²) in [6.07, 6.45) is 1.66. The Morgan fingerprint density at radius 1 is 1.22 bits per heavy atom. The van der Waals surface area contributed by atoms with Gasteiger partial charge in [-0.1, -0.05) is 32.9 Å². The van der Waals surface area contributed by atoms with Gasteiger partial charge in [0.2, 0.25) is 15.9 Å². The number of thiazole rings is 1. The highest BCUT2D eigenvalue weighted by Gasteiger charge is 2.29. The molecule has 0 saturated carbocycles. The van der Waals surface area contributed by atoms with Gasteiger partial charge in [0, 0.05) is 17.1 Å². The highest BCUT2D eigenvalue weighted by Crippen LogP contribution is 2.25. The predicted molar refractivity (Wildman–Crippen MR) is 110 cm³/mol. The average molecular weight is 410 g/mol. The Balaban J connectivity index is 2.22. The lowest BCUT2D eigenvalue weighted by molar-refractivity contribution is -0.116. The van der Waals surface area contributed by atoms with Gasteiger partial charge in [0.25, 0.3) is 0 Å². The molecule has 1 N–H and O–H groups in total. The molecule has 0 unspecified atom stereocenters. The van der Waals surface area contributed by atoms with Crippen LogP contribution in [-0.2, 0) is 20.2 Å². The molecule has 2 aromatic rings. The normalized spacial score (nSPS) is 12.6. The van der Waals surface area contributed by atoms with E-state index >= 15 is 0 Å². The number of sulfonamides is 1. The van der Waals surface area contributed by atoms with Crippen molar-refractivity contribution >= 4 is 32.4 Å². The molecule has 0 saturated heterocycles. The first-order valence-corrected chi connectivity index (χ1v) is 11.0. The topological polar surface area (TPSA) is 79.4 Å². The molecule has 1 heterocycles. The molecule has 8 heteroatoms. The van der Waals surface area contributed by atoms with Crippen LogP contribution in [-0.4, -0.2) is 36.2 Å². The minimum atomic E-state index is -3.79. The maximum absolute atomic E-state index is 13.1. The van der Waals surface area contributed by atoms with E-state index in [1.165, 1.54) is 15.6 Å². The van der Waals surface area contributed by atoms with Crippen LogP contribution in [0.15, 0.2) is 35.4 Å². The largest absolute Gasteiger partial charge is 0.301 e. The molecule has 0 aliphatic heterocycles. The Morgan fingerprint density at radius 2 is 1.81 bits per heavy atom. The summed E-state index contributed by atoms with van der Waals surface area (Å²) in [4.78, 5) is 17.6. The highest BCUT2D eigenvalue weighted by atomic mass is 32.2. The fraction of sp³-hybridized carbons (Fsp3) is 0.474. The molecule has 0 aliphatic carbocycles. The second-order valence-electron chi connectivity index (χ2n) is 7.74. The van der Waals surface area contributed by atoms with E-state index < -0.39 is 15.9 Å². The van der Waals surface area contributed by atoms with Crippen LogP contribution < -0.4 is 5.32 Å². The van der Waals surface area contributed by atoms with Gasteiger partial charge in [0.05, 0.1) is 11.4 Å². The molecule has 1 aromatic heterocycles. The number of carbonyl (C=O) groups excluding carboxylic acids is 1. The molecule has 148 valence electrons. The van der Waals surface area contributed by atoms with Gasteiger partial charge >= 0.3 is 0 Å². The summed E-state index contributed by atoms with van der Waals surface area (Å²) in [5.74, 6) is -0.409. The minimum Gasteiger partial charge on any atom is -0.301 e. The summed E-state index contributed by atoms with van der Waals surface area (Å²) in [5, 5.41) is 3.13. The van der Waals surface area contributed by atoms with Crippen LogP contribution in [0.25, 0.3) is 0 Å². The van der Waals surface area contributed by atoms with Gasteiger partial charge in [-0.3, -0.25) is 4.79 Å². The molecule has 0 fully saturated rings. The van der Waals surface area contributed by atoms with Gasteiger partial charge in [-0.25, -0.2) is 13.4 Å². The van der Waals surface area contributed by atoms with Crippen molar-refractivity contribution in [2.75, 3.05) is 11.9 Å². The van der Waals surface area contributed by atoms with Crippen molar-refractivity contribution in [3.05, 3.63) is 40.9 Å². The number of nitrogens with one attached hydrogen (secondary N) is 1. The van der Waals surface area contributed by atoms with Crippen molar-refractivity contribution in [3.63, 3.8) is 0 Å². The lowest BCUT2D eigenvalue weighted by Gasteiger charge is -2.26. The number of hydrogen-bond acceptors (Lipinski definition) is 5. The number of hydrogen-bond donors (Lipinski definition) is 1. The standard InChI is InChI=1S/C19H27N3O3S2/c1-13(2)22(12-17(23)21-18-20-11-14(3)26-18)27(24,25)16-9-7-15(8-10-16)19(4,5)6/h7-11,13H,12H2,1-6H3,(H,20,21,23). The van der Waals surface area contributed by atoms with E-state index in [1.807, 2.05) is 19.1 Å². The Labute approximate surface area is 165 Å². The monoisotopic (exact) mass is 409 g/mol. The predicted octanol–water partition coefficient (Wildman–Crippen LogP) is 3.79. The number of aromatic nitrogens is 1. The number of benzene rings is 1.